The summed E-state index contributed by atoms with van der Waals surface area (Å²) in [5.41, 5.74) is 0.637. The molecule has 0 amide bonds. The Morgan fingerprint density at radius 1 is 1.33 bits per heavy atom. The maximum Gasteiger partial charge on any atom is 0.338 e. The molecular weight excluding hydrogens is 328 g/mol. The summed E-state index contributed by atoms with van der Waals surface area (Å²) < 4.78 is 1.08. The van der Waals surface area contributed by atoms with Gasteiger partial charge in [0.25, 0.3) is 0 Å². The zero-order chi connectivity index (χ0) is 11.0. The monoisotopic (exact) mass is 330 g/mol. The lowest BCUT2D eigenvalue weighted by molar-refractivity contribution is 0.0695. The van der Waals surface area contributed by atoms with E-state index >= 15 is 0 Å². The van der Waals surface area contributed by atoms with E-state index in [4.69, 9.17) is 5.11 Å². The Hall–Kier alpha value is -1.01. The Labute approximate surface area is 102 Å². The van der Waals surface area contributed by atoms with Crippen molar-refractivity contribution in [3.05, 3.63) is 33.0 Å². The fourth-order valence-corrected chi connectivity index (χ4v) is 1.97. The number of halogens is 2. The lowest BCUT2D eigenvalue weighted by Gasteiger charge is -2.01. The number of hydrogen-bond donors (Lipinski definition) is 1. The summed E-state index contributed by atoms with van der Waals surface area (Å²) in [6.07, 6.45) is 1.61. The maximum absolute atomic E-state index is 10.8. The van der Waals surface area contributed by atoms with Gasteiger partial charge < -0.3 is 5.11 Å². The predicted octanol–water partition coefficient (Wildman–Crippen LogP) is 2.85. The minimum atomic E-state index is -1.02. The summed E-state index contributed by atoms with van der Waals surface area (Å²) in [6.45, 7) is 0. The molecule has 76 valence electrons. The van der Waals surface area contributed by atoms with Crippen LogP contribution >= 0.6 is 31.9 Å². The van der Waals surface area contributed by atoms with Crippen molar-refractivity contribution in [3.63, 3.8) is 0 Å². The summed E-state index contributed by atoms with van der Waals surface area (Å²) in [5.74, 6) is -1.02. The molecule has 0 saturated heterocycles. The van der Waals surface area contributed by atoms with Crippen molar-refractivity contribution in [2.75, 3.05) is 0 Å². The van der Waals surface area contributed by atoms with Crippen LogP contribution in [0.2, 0.25) is 0 Å². The Morgan fingerprint density at radius 2 is 2.07 bits per heavy atom. The van der Waals surface area contributed by atoms with Gasteiger partial charge in [-0.15, -0.1) is 0 Å². The van der Waals surface area contributed by atoms with Gasteiger partial charge in [-0.2, -0.15) is 0 Å². The standard InChI is InChI=1S/C9H4Br2N2O2/c10-5-1-4-2-6(9(14)15)7(11)13-8(4)12-3-5/h1-3H,(H,14,15). The molecule has 4 nitrogen and oxygen atoms in total. The first kappa shape index (κ1) is 10.5. The topological polar surface area (TPSA) is 63.1 Å². The van der Waals surface area contributed by atoms with Gasteiger partial charge in [0, 0.05) is 16.1 Å². The molecule has 0 aliphatic carbocycles. The number of hydrogen-bond acceptors (Lipinski definition) is 3. The number of aromatic nitrogens is 2. The van der Waals surface area contributed by atoms with Crippen LogP contribution in [0.3, 0.4) is 0 Å². The number of rotatable bonds is 1. The van der Waals surface area contributed by atoms with Crippen LogP contribution in [-0.4, -0.2) is 21.0 Å². The van der Waals surface area contributed by atoms with E-state index in [1.165, 1.54) is 6.07 Å². The van der Waals surface area contributed by atoms with Gasteiger partial charge in [0.2, 0.25) is 0 Å². The van der Waals surface area contributed by atoms with Gasteiger partial charge in [0.05, 0.1) is 5.56 Å². The highest BCUT2D eigenvalue weighted by molar-refractivity contribution is 9.10. The first-order valence-corrected chi connectivity index (χ1v) is 5.51. The molecule has 0 bridgehead atoms. The van der Waals surface area contributed by atoms with E-state index in [-0.39, 0.29) is 10.2 Å². The summed E-state index contributed by atoms with van der Waals surface area (Å²) in [7, 11) is 0. The number of carboxylic acids is 1. The van der Waals surface area contributed by atoms with Crippen molar-refractivity contribution in [3.8, 4) is 0 Å². The minimum Gasteiger partial charge on any atom is -0.478 e. The summed E-state index contributed by atoms with van der Waals surface area (Å²) >= 11 is 6.36. The van der Waals surface area contributed by atoms with Crippen molar-refractivity contribution in [2.24, 2.45) is 0 Å². The second kappa shape index (κ2) is 3.86. The lowest BCUT2D eigenvalue weighted by Crippen LogP contribution is -2.00. The molecule has 2 rings (SSSR count). The Bertz CT molecular complexity index is 557. The van der Waals surface area contributed by atoms with Gasteiger partial charge in [0.15, 0.2) is 5.65 Å². The zero-order valence-electron chi connectivity index (χ0n) is 7.24. The van der Waals surface area contributed by atoms with Crippen molar-refractivity contribution in [2.45, 2.75) is 0 Å². The number of nitrogens with zero attached hydrogens (tertiary/aromatic N) is 2. The highest BCUT2D eigenvalue weighted by Crippen LogP contribution is 2.22. The molecule has 1 N–H and O–H groups in total. The fraction of sp³-hybridized carbons (Fsp3) is 0. The van der Waals surface area contributed by atoms with E-state index < -0.39 is 5.97 Å². The number of carbonyl (C=O) groups is 1. The van der Waals surface area contributed by atoms with E-state index in [2.05, 4.69) is 41.8 Å². The van der Waals surface area contributed by atoms with Crippen molar-refractivity contribution >= 4 is 48.9 Å². The van der Waals surface area contributed by atoms with Crippen LogP contribution in [0.5, 0.6) is 0 Å². The van der Waals surface area contributed by atoms with Gasteiger partial charge in [-0.1, -0.05) is 0 Å². The molecule has 0 saturated carbocycles. The summed E-state index contributed by atoms with van der Waals surface area (Å²) in [4.78, 5) is 19.0. The van der Waals surface area contributed by atoms with Gasteiger partial charge in [-0.3, -0.25) is 0 Å². The van der Waals surface area contributed by atoms with E-state index in [1.54, 1.807) is 12.3 Å². The molecule has 2 aromatic rings. The highest BCUT2D eigenvalue weighted by atomic mass is 79.9. The first-order valence-electron chi connectivity index (χ1n) is 3.93. The Morgan fingerprint density at radius 3 is 2.73 bits per heavy atom. The SMILES string of the molecule is O=C(O)c1cc2cc(Br)cnc2nc1Br. The first-order chi connectivity index (χ1) is 7.08. The van der Waals surface area contributed by atoms with Crippen LogP contribution in [0.15, 0.2) is 27.4 Å². The van der Waals surface area contributed by atoms with E-state index in [0.29, 0.717) is 11.0 Å². The van der Waals surface area contributed by atoms with Crippen molar-refractivity contribution < 1.29 is 9.90 Å². The predicted molar refractivity (Wildman–Crippen MR) is 61.9 cm³/mol. The largest absolute Gasteiger partial charge is 0.478 e. The molecule has 0 fully saturated rings. The van der Waals surface area contributed by atoms with Crippen molar-refractivity contribution in [1.29, 1.82) is 0 Å². The number of fused-ring (bicyclic) bond motifs is 1. The lowest BCUT2D eigenvalue weighted by atomic mass is 10.2. The van der Waals surface area contributed by atoms with Gasteiger partial charge >= 0.3 is 5.97 Å². The summed E-state index contributed by atoms with van der Waals surface area (Å²) in [5, 5.41) is 9.58. The third-order valence-corrected chi connectivity index (χ3v) is 2.86. The van der Waals surface area contributed by atoms with Crippen molar-refractivity contribution in [1.82, 2.24) is 9.97 Å². The quantitative estimate of drug-likeness (QED) is 0.816. The zero-order valence-corrected chi connectivity index (χ0v) is 10.4. The number of pyridine rings is 2. The van der Waals surface area contributed by atoms with Gasteiger partial charge in [-0.05, 0) is 44.0 Å². The average Bonchev–Trinajstić information content (AvgIpc) is 2.17. The van der Waals surface area contributed by atoms with Crippen LogP contribution in [0, 0.1) is 0 Å². The van der Waals surface area contributed by atoms with Gasteiger partial charge in [0.1, 0.15) is 4.60 Å². The molecule has 0 aliphatic heterocycles. The fourth-order valence-electron chi connectivity index (χ4n) is 1.17. The molecule has 2 heterocycles. The second-order valence-corrected chi connectivity index (χ2v) is 4.50. The molecule has 2 aromatic heterocycles. The van der Waals surface area contributed by atoms with Crippen LogP contribution in [0.4, 0.5) is 0 Å². The third-order valence-electron chi connectivity index (χ3n) is 1.82. The molecule has 0 atom stereocenters. The van der Waals surface area contributed by atoms with E-state index in [0.717, 1.165) is 4.47 Å². The molecule has 6 heteroatoms. The molecule has 0 unspecified atom stereocenters. The van der Waals surface area contributed by atoms with E-state index in [1.807, 2.05) is 0 Å². The normalized spacial score (nSPS) is 10.5. The Kier molecular flexibility index (Phi) is 2.70. The molecule has 0 aromatic carbocycles. The number of aromatic carboxylic acids is 1. The Balaban J connectivity index is 2.77. The molecule has 15 heavy (non-hydrogen) atoms. The van der Waals surface area contributed by atoms with Crippen LogP contribution < -0.4 is 0 Å². The molecular formula is C9H4Br2N2O2. The summed E-state index contributed by atoms with van der Waals surface area (Å²) in [6, 6.07) is 3.31. The third kappa shape index (κ3) is 2.00. The average molecular weight is 332 g/mol. The maximum atomic E-state index is 10.8. The van der Waals surface area contributed by atoms with Crippen LogP contribution in [-0.2, 0) is 0 Å². The molecule has 0 aliphatic rings. The number of carboxylic acid groups (broad SMARTS) is 1. The smallest absolute Gasteiger partial charge is 0.338 e. The molecule has 0 spiro atoms. The van der Waals surface area contributed by atoms with Gasteiger partial charge in [-0.25, -0.2) is 14.8 Å². The highest BCUT2D eigenvalue weighted by Gasteiger charge is 2.11. The van der Waals surface area contributed by atoms with Crippen LogP contribution in [0.1, 0.15) is 10.4 Å². The molecule has 0 radical (unpaired) electrons. The van der Waals surface area contributed by atoms with Crippen LogP contribution in [0.25, 0.3) is 11.0 Å². The van der Waals surface area contributed by atoms with E-state index in [9.17, 15) is 4.79 Å². The minimum absolute atomic E-state index is 0.127. The second-order valence-electron chi connectivity index (χ2n) is 2.83.